The summed E-state index contributed by atoms with van der Waals surface area (Å²) in [5, 5.41) is 13.9. The second-order valence-electron chi connectivity index (χ2n) is 15.5. The van der Waals surface area contributed by atoms with Gasteiger partial charge in [0.05, 0.1) is 30.0 Å². The number of carbonyl (C=O) groups is 2. The number of phenolic OH excluding ortho intramolecular Hbond substituents is 1. The number of rotatable bonds is 13. The van der Waals surface area contributed by atoms with Crippen LogP contribution in [0.5, 0.6) is 17.2 Å². The molecule has 12 heteroatoms. The third kappa shape index (κ3) is 8.53. The zero-order chi connectivity index (χ0) is 38.6. The molecule has 8 rings (SSSR count). The molecule has 304 valence electrons. The van der Waals surface area contributed by atoms with E-state index in [0.29, 0.717) is 48.9 Å². The van der Waals surface area contributed by atoms with Crippen LogP contribution in [0.4, 0.5) is 5.69 Å². The molecule has 11 nitrogen and oxygen atoms in total. The smallest absolute Gasteiger partial charge is 0.260 e. The zero-order valence-corrected chi connectivity index (χ0v) is 34.0. The lowest BCUT2D eigenvalue weighted by molar-refractivity contribution is 0.0193. The standard InChI is InChI=1S/C45H55N5O6.ClH/c1-3-5-17-46-39-12-9-19-49-40(25-38(43(39)49)45(53)48(18-6-4-2)33-13-15-35(51)16-14-33)36-26-41-42(56-30-55-41)27-37(36)44(52)50-28-32-11-8-7-10-31(32)24-34(50)29-47-20-22-54-23-21-47;/h7-8,10-11,13-16,25-27,34,39,46,51H,3-6,9,12,17-24,28-30H2,1-2H3;1H/t34-,39?;/m0./s1. The van der Waals surface area contributed by atoms with Crippen molar-refractivity contribution in [2.75, 3.05) is 57.6 Å². The average molecular weight is 798 g/mol. The molecule has 0 spiro atoms. The molecule has 1 unspecified atom stereocenters. The molecular formula is C45H56ClN5O6. The predicted octanol–water partition coefficient (Wildman–Crippen LogP) is 7.58. The first-order chi connectivity index (χ1) is 27.4. The topological polar surface area (TPSA) is 109 Å². The number of aromatic hydroxyl groups is 1. The molecule has 5 heterocycles. The number of benzene rings is 3. The lowest BCUT2D eigenvalue weighted by Gasteiger charge is -2.40. The van der Waals surface area contributed by atoms with Crippen LogP contribution in [0.1, 0.15) is 96.0 Å². The van der Waals surface area contributed by atoms with E-state index in [1.54, 1.807) is 12.1 Å². The van der Waals surface area contributed by atoms with Gasteiger partial charge in [0.1, 0.15) is 5.75 Å². The number of hydrogen-bond donors (Lipinski definition) is 2. The summed E-state index contributed by atoms with van der Waals surface area (Å²) in [7, 11) is 0. The molecule has 0 aliphatic carbocycles. The molecule has 2 atom stereocenters. The normalized spacial score (nSPS) is 18.7. The number of hydrogen-bond acceptors (Lipinski definition) is 8. The first-order valence-electron chi connectivity index (χ1n) is 20.6. The van der Waals surface area contributed by atoms with Gasteiger partial charge in [-0.1, -0.05) is 51.0 Å². The van der Waals surface area contributed by atoms with Crippen LogP contribution in [0.25, 0.3) is 11.3 Å². The fourth-order valence-electron chi connectivity index (χ4n) is 8.81. The van der Waals surface area contributed by atoms with Gasteiger partial charge in [0, 0.05) is 68.3 Å². The van der Waals surface area contributed by atoms with Crippen molar-refractivity contribution in [1.29, 1.82) is 0 Å². The maximum Gasteiger partial charge on any atom is 0.260 e. The third-order valence-electron chi connectivity index (χ3n) is 11.8. The Labute approximate surface area is 342 Å². The van der Waals surface area contributed by atoms with Crippen LogP contribution in [-0.4, -0.2) is 90.1 Å². The molecule has 0 saturated carbocycles. The number of halogens is 1. The van der Waals surface area contributed by atoms with Gasteiger partial charge < -0.3 is 39.0 Å². The van der Waals surface area contributed by atoms with Gasteiger partial charge in [-0.15, -0.1) is 12.4 Å². The summed E-state index contributed by atoms with van der Waals surface area (Å²) in [5.74, 6) is 1.16. The lowest BCUT2D eigenvalue weighted by atomic mass is 9.92. The van der Waals surface area contributed by atoms with Gasteiger partial charge in [0.25, 0.3) is 11.8 Å². The van der Waals surface area contributed by atoms with Crippen molar-refractivity contribution < 1.29 is 28.9 Å². The van der Waals surface area contributed by atoms with E-state index in [9.17, 15) is 5.11 Å². The van der Waals surface area contributed by atoms with Gasteiger partial charge in [-0.05, 0) is 92.2 Å². The monoisotopic (exact) mass is 797 g/mol. The van der Waals surface area contributed by atoms with Crippen LogP contribution in [-0.2, 0) is 24.2 Å². The first kappa shape index (κ1) is 40.6. The maximum atomic E-state index is 15.3. The molecular weight excluding hydrogens is 742 g/mol. The Morgan fingerprint density at radius 1 is 0.895 bits per heavy atom. The minimum absolute atomic E-state index is 0. The Balaban J connectivity index is 0.00000496. The van der Waals surface area contributed by atoms with E-state index in [0.717, 1.165) is 106 Å². The van der Waals surface area contributed by atoms with E-state index in [1.807, 2.05) is 41.3 Å². The summed E-state index contributed by atoms with van der Waals surface area (Å²) in [4.78, 5) is 36.6. The van der Waals surface area contributed by atoms with Crippen molar-refractivity contribution in [3.8, 4) is 28.5 Å². The fourth-order valence-corrected chi connectivity index (χ4v) is 8.81. The van der Waals surface area contributed by atoms with Gasteiger partial charge in [0.15, 0.2) is 11.5 Å². The molecule has 4 aliphatic rings. The number of fused-ring (bicyclic) bond motifs is 3. The van der Waals surface area contributed by atoms with Crippen LogP contribution < -0.4 is 19.7 Å². The maximum absolute atomic E-state index is 15.3. The summed E-state index contributed by atoms with van der Waals surface area (Å²) in [5.41, 5.74) is 6.89. The average Bonchev–Trinajstić information content (AvgIpc) is 3.86. The van der Waals surface area contributed by atoms with Crippen molar-refractivity contribution in [2.24, 2.45) is 0 Å². The van der Waals surface area contributed by atoms with Gasteiger partial charge in [-0.2, -0.15) is 0 Å². The largest absolute Gasteiger partial charge is 0.508 e. The summed E-state index contributed by atoms with van der Waals surface area (Å²) in [6.45, 7) is 10.9. The van der Waals surface area contributed by atoms with Gasteiger partial charge >= 0.3 is 0 Å². The molecule has 2 amide bonds. The fraction of sp³-hybridized carbons (Fsp3) is 0.467. The van der Waals surface area contributed by atoms with Crippen LogP contribution in [0.3, 0.4) is 0 Å². The molecule has 0 radical (unpaired) electrons. The molecule has 1 fully saturated rings. The number of phenols is 1. The van der Waals surface area contributed by atoms with Crippen LogP contribution in [0.15, 0.2) is 66.7 Å². The Bertz CT molecular complexity index is 2030. The Hall–Kier alpha value is -4.55. The number of carbonyl (C=O) groups excluding carboxylic acids is 2. The number of nitrogens with zero attached hydrogens (tertiary/aromatic N) is 4. The van der Waals surface area contributed by atoms with E-state index in [1.165, 1.54) is 5.56 Å². The molecule has 4 aliphatic heterocycles. The first-order valence-corrected chi connectivity index (χ1v) is 20.6. The number of anilines is 1. The predicted molar refractivity (Wildman–Crippen MR) is 224 cm³/mol. The summed E-state index contributed by atoms with van der Waals surface area (Å²) < 4.78 is 19.8. The van der Waals surface area contributed by atoms with Crippen molar-refractivity contribution in [3.63, 3.8) is 0 Å². The van der Waals surface area contributed by atoms with E-state index >= 15 is 9.59 Å². The highest BCUT2D eigenvalue weighted by atomic mass is 35.5. The highest BCUT2D eigenvalue weighted by Gasteiger charge is 2.37. The minimum atomic E-state index is -0.0878. The van der Waals surface area contributed by atoms with E-state index in [2.05, 4.69) is 51.7 Å². The van der Waals surface area contributed by atoms with Crippen molar-refractivity contribution in [2.45, 2.75) is 84.0 Å². The Kier molecular flexibility index (Phi) is 13.1. The van der Waals surface area contributed by atoms with Crippen molar-refractivity contribution in [1.82, 2.24) is 19.7 Å². The Morgan fingerprint density at radius 2 is 1.63 bits per heavy atom. The highest BCUT2D eigenvalue weighted by Crippen LogP contribution is 2.44. The summed E-state index contributed by atoms with van der Waals surface area (Å²) >= 11 is 0. The second kappa shape index (κ2) is 18.4. The lowest BCUT2D eigenvalue weighted by Crippen LogP contribution is -2.52. The van der Waals surface area contributed by atoms with Crippen LogP contribution in [0.2, 0.25) is 0 Å². The number of morpholine rings is 1. The summed E-state index contributed by atoms with van der Waals surface area (Å²) in [6, 6.07) is 21.1. The molecule has 1 aromatic heterocycles. The van der Waals surface area contributed by atoms with Crippen molar-refractivity contribution in [3.05, 3.63) is 94.7 Å². The highest BCUT2D eigenvalue weighted by molar-refractivity contribution is 6.09. The third-order valence-corrected chi connectivity index (χ3v) is 11.8. The Morgan fingerprint density at radius 3 is 2.39 bits per heavy atom. The molecule has 1 saturated heterocycles. The van der Waals surface area contributed by atoms with Gasteiger partial charge in [-0.3, -0.25) is 14.5 Å². The SMILES string of the molecule is CCCCNC1CCCn2c(-c3cc4c(cc3C(=O)N3Cc5ccccc5C[C@H]3CN3CCOCC3)OCO4)cc(C(=O)N(CCCC)c3ccc(O)cc3)c21.Cl. The number of amides is 2. The second-order valence-corrected chi connectivity index (χ2v) is 15.5. The van der Waals surface area contributed by atoms with Crippen LogP contribution >= 0.6 is 12.4 Å². The number of unbranched alkanes of at least 4 members (excludes halogenated alkanes) is 2. The number of ether oxygens (including phenoxy) is 3. The zero-order valence-electron chi connectivity index (χ0n) is 33.2. The van der Waals surface area contributed by atoms with E-state index < -0.39 is 0 Å². The molecule has 57 heavy (non-hydrogen) atoms. The van der Waals surface area contributed by atoms with Crippen LogP contribution in [0, 0.1) is 0 Å². The minimum Gasteiger partial charge on any atom is -0.508 e. The molecule has 4 aromatic rings. The van der Waals surface area contributed by atoms with Gasteiger partial charge in [-0.25, -0.2) is 0 Å². The summed E-state index contributed by atoms with van der Waals surface area (Å²) in [6.07, 6.45) is 6.48. The quantitative estimate of drug-likeness (QED) is 0.133. The number of nitrogens with one attached hydrogen (secondary N) is 1. The van der Waals surface area contributed by atoms with E-state index in [-0.39, 0.29) is 48.8 Å². The molecule has 0 bridgehead atoms. The van der Waals surface area contributed by atoms with Crippen molar-refractivity contribution >= 4 is 29.9 Å². The van der Waals surface area contributed by atoms with Gasteiger partial charge in [0.2, 0.25) is 6.79 Å². The van der Waals surface area contributed by atoms with E-state index in [4.69, 9.17) is 14.2 Å². The molecule has 3 aromatic carbocycles. The molecule has 2 N–H and O–H groups in total. The number of aromatic nitrogens is 1.